The van der Waals surface area contributed by atoms with Crippen molar-refractivity contribution in [3.63, 3.8) is 0 Å². The Labute approximate surface area is 118 Å². The minimum Gasteiger partial charge on any atom is -0.394 e. The van der Waals surface area contributed by atoms with Crippen molar-refractivity contribution in [1.29, 1.82) is 0 Å². The summed E-state index contributed by atoms with van der Waals surface area (Å²) in [5.74, 6) is 0. The number of hydrogen-bond acceptors (Lipinski definition) is 3. The van der Waals surface area contributed by atoms with Gasteiger partial charge in [0, 0.05) is 6.04 Å². The number of benzene rings is 2. The van der Waals surface area contributed by atoms with Crippen molar-refractivity contribution in [3.8, 4) is 0 Å². The Bertz CT molecular complexity index is 570. The maximum absolute atomic E-state index is 10.4. The molecule has 0 spiro atoms. The van der Waals surface area contributed by atoms with Gasteiger partial charge in [-0.25, -0.2) is 0 Å². The molecule has 0 bridgehead atoms. The Morgan fingerprint density at radius 3 is 2.45 bits per heavy atom. The monoisotopic (exact) mass is 269 g/mol. The molecule has 3 rings (SSSR count). The van der Waals surface area contributed by atoms with Crippen molar-refractivity contribution in [2.75, 3.05) is 6.61 Å². The molecule has 3 N–H and O–H groups in total. The van der Waals surface area contributed by atoms with Gasteiger partial charge in [-0.3, -0.25) is 0 Å². The zero-order valence-electron chi connectivity index (χ0n) is 11.2. The van der Waals surface area contributed by atoms with Gasteiger partial charge in [0.2, 0.25) is 0 Å². The van der Waals surface area contributed by atoms with Crippen LogP contribution in [-0.2, 0) is 6.42 Å². The molecule has 1 aliphatic carbocycles. The van der Waals surface area contributed by atoms with E-state index in [1.54, 1.807) is 0 Å². The summed E-state index contributed by atoms with van der Waals surface area (Å²) in [6.45, 7) is 0.0174. The first-order valence-corrected chi connectivity index (χ1v) is 6.97. The smallest absolute Gasteiger partial charge is 0.0949 e. The second-order valence-corrected chi connectivity index (χ2v) is 5.27. The van der Waals surface area contributed by atoms with E-state index in [9.17, 15) is 10.2 Å². The minimum absolute atomic E-state index is 0.0174. The van der Waals surface area contributed by atoms with Crippen LogP contribution < -0.4 is 5.32 Å². The molecule has 104 valence electrons. The zero-order valence-corrected chi connectivity index (χ0v) is 11.2. The van der Waals surface area contributed by atoms with Gasteiger partial charge >= 0.3 is 0 Å². The SMILES string of the molecule is OC[C@H](N[C@H]1Cc2ccccc2[C@H]1O)c1ccccc1. The van der Waals surface area contributed by atoms with Gasteiger partial charge < -0.3 is 15.5 Å². The number of nitrogens with one attached hydrogen (secondary N) is 1. The summed E-state index contributed by atoms with van der Waals surface area (Å²) in [5, 5.41) is 23.4. The van der Waals surface area contributed by atoms with Crippen molar-refractivity contribution in [3.05, 3.63) is 71.3 Å². The molecule has 0 saturated heterocycles. The van der Waals surface area contributed by atoms with E-state index in [0.717, 1.165) is 17.5 Å². The minimum atomic E-state index is -0.510. The van der Waals surface area contributed by atoms with Crippen LogP contribution in [0.5, 0.6) is 0 Å². The molecule has 3 nitrogen and oxygen atoms in total. The molecule has 0 amide bonds. The summed E-state index contributed by atoms with van der Waals surface area (Å²) >= 11 is 0. The lowest BCUT2D eigenvalue weighted by molar-refractivity contribution is 0.124. The highest BCUT2D eigenvalue weighted by Gasteiger charge is 2.32. The number of rotatable bonds is 4. The van der Waals surface area contributed by atoms with Gasteiger partial charge in [0.05, 0.1) is 18.8 Å². The zero-order chi connectivity index (χ0) is 13.9. The van der Waals surface area contributed by atoms with Crippen LogP contribution in [0.2, 0.25) is 0 Å². The average Bonchev–Trinajstić information content (AvgIpc) is 2.82. The molecule has 0 aromatic heterocycles. The molecule has 3 heteroatoms. The van der Waals surface area contributed by atoms with Crippen molar-refractivity contribution in [2.45, 2.75) is 24.6 Å². The summed E-state index contributed by atoms with van der Waals surface area (Å²) in [5.41, 5.74) is 3.22. The van der Waals surface area contributed by atoms with E-state index in [1.165, 1.54) is 5.56 Å². The van der Waals surface area contributed by atoms with Crippen molar-refractivity contribution >= 4 is 0 Å². The third kappa shape index (κ3) is 2.48. The predicted molar refractivity (Wildman–Crippen MR) is 78.3 cm³/mol. The molecule has 0 saturated carbocycles. The van der Waals surface area contributed by atoms with Gasteiger partial charge in [0.15, 0.2) is 0 Å². The first-order chi connectivity index (χ1) is 9.79. The quantitative estimate of drug-likeness (QED) is 0.795. The fraction of sp³-hybridized carbons (Fsp3) is 0.294. The second kappa shape index (κ2) is 5.75. The summed E-state index contributed by atoms with van der Waals surface area (Å²) in [4.78, 5) is 0. The fourth-order valence-corrected chi connectivity index (χ4v) is 2.92. The number of aliphatic hydroxyl groups is 2. The highest BCUT2D eigenvalue weighted by Crippen LogP contribution is 2.32. The van der Waals surface area contributed by atoms with Crippen LogP contribution in [0.4, 0.5) is 0 Å². The summed E-state index contributed by atoms with van der Waals surface area (Å²) in [6.07, 6.45) is 0.282. The molecular formula is C17H19NO2. The van der Waals surface area contributed by atoms with Gasteiger partial charge in [-0.15, -0.1) is 0 Å². The summed E-state index contributed by atoms with van der Waals surface area (Å²) in [7, 11) is 0. The molecule has 20 heavy (non-hydrogen) atoms. The molecule has 1 aliphatic rings. The van der Waals surface area contributed by atoms with E-state index in [-0.39, 0.29) is 18.7 Å². The van der Waals surface area contributed by atoms with Gasteiger partial charge in [-0.2, -0.15) is 0 Å². The first-order valence-electron chi connectivity index (χ1n) is 6.97. The van der Waals surface area contributed by atoms with Crippen LogP contribution >= 0.6 is 0 Å². The van der Waals surface area contributed by atoms with Crippen molar-refractivity contribution in [1.82, 2.24) is 5.32 Å². The molecule has 0 unspecified atom stereocenters. The van der Waals surface area contributed by atoms with Gasteiger partial charge in [-0.1, -0.05) is 54.6 Å². The highest BCUT2D eigenvalue weighted by atomic mass is 16.3. The van der Waals surface area contributed by atoms with Gasteiger partial charge in [0.1, 0.15) is 0 Å². The normalized spacial score (nSPS) is 22.5. The van der Waals surface area contributed by atoms with Crippen LogP contribution in [0.1, 0.15) is 28.8 Å². The molecule has 2 aromatic carbocycles. The maximum atomic E-state index is 10.4. The highest BCUT2D eigenvalue weighted by molar-refractivity contribution is 5.36. The molecule has 0 fully saturated rings. The number of hydrogen-bond donors (Lipinski definition) is 3. The summed E-state index contributed by atoms with van der Waals surface area (Å²) < 4.78 is 0. The van der Waals surface area contributed by atoms with Crippen LogP contribution in [0.25, 0.3) is 0 Å². The van der Waals surface area contributed by atoms with E-state index in [1.807, 2.05) is 48.5 Å². The van der Waals surface area contributed by atoms with Crippen LogP contribution in [-0.4, -0.2) is 22.9 Å². The largest absolute Gasteiger partial charge is 0.394 e. The molecule has 3 atom stereocenters. The van der Waals surface area contributed by atoms with Crippen LogP contribution in [0.15, 0.2) is 54.6 Å². The summed E-state index contributed by atoms with van der Waals surface area (Å²) in [6, 6.07) is 17.6. The van der Waals surface area contributed by atoms with Crippen LogP contribution in [0, 0.1) is 0 Å². The van der Waals surface area contributed by atoms with E-state index in [2.05, 4.69) is 11.4 Å². The third-order valence-electron chi connectivity index (χ3n) is 3.99. The van der Waals surface area contributed by atoms with Crippen molar-refractivity contribution < 1.29 is 10.2 Å². The van der Waals surface area contributed by atoms with E-state index >= 15 is 0 Å². The molecule has 2 aromatic rings. The Hall–Kier alpha value is -1.68. The Morgan fingerprint density at radius 1 is 1.05 bits per heavy atom. The first kappa shape index (κ1) is 13.3. The lowest BCUT2D eigenvalue weighted by atomic mass is 10.0. The topological polar surface area (TPSA) is 52.5 Å². The molecular weight excluding hydrogens is 250 g/mol. The number of aliphatic hydroxyl groups excluding tert-OH is 2. The Balaban J connectivity index is 1.76. The van der Waals surface area contributed by atoms with Crippen LogP contribution in [0.3, 0.4) is 0 Å². The van der Waals surface area contributed by atoms with E-state index in [0.29, 0.717) is 0 Å². The Kier molecular flexibility index (Phi) is 3.83. The fourth-order valence-electron chi connectivity index (χ4n) is 2.92. The maximum Gasteiger partial charge on any atom is 0.0949 e. The standard InChI is InChI=1S/C17H19NO2/c19-11-16(12-6-2-1-3-7-12)18-15-10-13-8-4-5-9-14(13)17(15)20/h1-9,15-20H,10-11H2/t15-,16-,17+/m0/s1. The van der Waals surface area contributed by atoms with Crippen molar-refractivity contribution in [2.24, 2.45) is 0 Å². The average molecular weight is 269 g/mol. The lowest BCUT2D eigenvalue weighted by Gasteiger charge is -2.24. The third-order valence-corrected chi connectivity index (χ3v) is 3.99. The predicted octanol–water partition coefficient (Wildman–Crippen LogP) is 1.97. The van der Waals surface area contributed by atoms with Gasteiger partial charge in [-0.05, 0) is 23.1 Å². The molecule has 0 aliphatic heterocycles. The second-order valence-electron chi connectivity index (χ2n) is 5.27. The molecule has 0 heterocycles. The van der Waals surface area contributed by atoms with E-state index in [4.69, 9.17) is 0 Å². The Morgan fingerprint density at radius 2 is 1.75 bits per heavy atom. The lowest BCUT2D eigenvalue weighted by Crippen LogP contribution is -2.37. The van der Waals surface area contributed by atoms with E-state index < -0.39 is 6.10 Å². The number of fused-ring (bicyclic) bond motifs is 1. The van der Waals surface area contributed by atoms with Gasteiger partial charge in [0.25, 0.3) is 0 Å². The molecule has 0 radical (unpaired) electrons.